The summed E-state index contributed by atoms with van der Waals surface area (Å²) < 4.78 is 0. The van der Waals surface area contributed by atoms with Crippen molar-refractivity contribution in [1.29, 1.82) is 0 Å². The van der Waals surface area contributed by atoms with Crippen molar-refractivity contribution in [3.63, 3.8) is 0 Å². The van der Waals surface area contributed by atoms with Gasteiger partial charge in [-0.3, -0.25) is 0 Å². The van der Waals surface area contributed by atoms with Gasteiger partial charge in [0.2, 0.25) is 0 Å². The van der Waals surface area contributed by atoms with Gasteiger partial charge in [-0.05, 0) is 48.9 Å². The Hall–Kier alpha value is -0.890. The molecule has 2 aromatic rings. The molecule has 0 heterocycles. The van der Waals surface area contributed by atoms with Gasteiger partial charge >= 0.3 is 0 Å². The Morgan fingerprint density at radius 3 is 2.24 bits per heavy atom. The Labute approximate surface area is 140 Å². The molecule has 0 atom stereocenters. The second kappa shape index (κ2) is 6.08. The second-order valence-corrected chi connectivity index (χ2v) is 6.86. The van der Waals surface area contributed by atoms with Crippen LogP contribution in [0.1, 0.15) is 29.9 Å². The average Bonchev–Trinajstić information content (AvgIpc) is 2.37. The number of rotatable bonds is 3. The van der Waals surface area contributed by atoms with Gasteiger partial charge in [-0.15, -0.1) is 0 Å². The lowest BCUT2D eigenvalue weighted by Crippen LogP contribution is -2.34. The van der Waals surface area contributed by atoms with E-state index in [1.165, 1.54) is 11.1 Å². The minimum absolute atomic E-state index is 0.408. The lowest BCUT2D eigenvalue weighted by atomic mass is 9.74. The number of halogens is 3. The van der Waals surface area contributed by atoms with Crippen molar-refractivity contribution in [1.82, 2.24) is 0 Å². The number of benzene rings is 2. The molecule has 1 nitrogen and oxygen atoms in total. The van der Waals surface area contributed by atoms with Crippen LogP contribution in [0.5, 0.6) is 0 Å². The van der Waals surface area contributed by atoms with Crippen molar-refractivity contribution in [2.75, 3.05) is 5.32 Å². The van der Waals surface area contributed by atoms with E-state index in [9.17, 15) is 0 Å². The Morgan fingerprint density at radius 1 is 1.00 bits per heavy atom. The Bertz CT molecular complexity index is 640. The third-order valence-electron chi connectivity index (χ3n) is 4.12. The average molecular weight is 341 g/mol. The van der Waals surface area contributed by atoms with Crippen LogP contribution in [-0.2, 0) is 0 Å². The van der Waals surface area contributed by atoms with Crippen LogP contribution in [0, 0.1) is 6.92 Å². The van der Waals surface area contributed by atoms with Crippen LogP contribution in [0.2, 0.25) is 15.1 Å². The van der Waals surface area contributed by atoms with E-state index in [2.05, 4.69) is 36.5 Å². The molecule has 0 radical (unpaired) electrons. The summed E-state index contributed by atoms with van der Waals surface area (Å²) in [7, 11) is 0. The summed E-state index contributed by atoms with van der Waals surface area (Å²) in [5.74, 6) is 0.619. The third kappa shape index (κ3) is 3.15. The molecular formula is C17H16Cl3N. The lowest BCUT2D eigenvalue weighted by Gasteiger charge is -2.38. The van der Waals surface area contributed by atoms with E-state index in [0.29, 0.717) is 27.0 Å². The van der Waals surface area contributed by atoms with Gasteiger partial charge in [0.05, 0.1) is 15.7 Å². The highest BCUT2D eigenvalue weighted by Crippen LogP contribution is 2.42. The zero-order chi connectivity index (χ0) is 15.0. The molecule has 0 spiro atoms. The van der Waals surface area contributed by atoms with Gasteiger partial charge in [0.15, 0.2) is 0 Å². The Morgan fingerprint density at radius 2 is 1.62 bits per heavy atom. The standard InChI is InChI=1S/C17H16Cl3N/c1-10-4-2-3-5-14(10)11-6-13(7-11)21-17-15(19)8-12(18)9-16(17)20/h2-5,8-9,11,13,21H,6-7H2,1H3. The molecule has 1 N–H and O–H groups in total. The summed E-state index contributed by atoms with van der Waals surface area (Å²) >= 11 is 18.3. The first-order valence-corrected chi connectivity index (χ1v) is 8.14. The molecule has 1 aliphatic rings. The van der Waals surface area contributed by atoms with E-state index in [1.807, 2.05) is 0 Å². The smallest absolute Gasteiger partial charge is 0.0722 e. The van der Waals surface area contributed by atoms with Gasteiger partial charge in [0, 0.05) is 11.1 Å². The van der Waals surface area contributed by atoms with E-state index in [4.69, 9.17) is 34.8 Å². The van der Waals surface area contributed by atoms with Crippen LogP contribution in [0.4, 0.5) is 5.69 Å². The maximum Gasteiger partial charge on any atom is 0.0722 e. The topological polar surface area (TPSA) is 12.0 Å². The van der Waals surface area contributed by atoms with E-state index in [1.54, 1.807) is 12.1 Å². The van der Waals surface area contributed by atoms with Crippen LogP contribution >= 0.6 is 34.8 Å². The van der Waals surface area contributed by atoms with Gasteiger partial charge in [-0.1, -0.05) is 59.1 Å². The highest BCUT2D eigenvalue weighted by molar-refractivity contribution is 6.41. The molecule has 1 fully saturated rings. The van der Waals surface area contributed by atoms with Crippen molar-refractivity contribution in [3.8, 4) is 0 Å². The van der Waals surface area contributed by atoms with Gasteiger partial charge in [0.25, 0.3) is 0 Å². The van der Waals surface area contributed by atoms with E-state index in [-0.39, 0.29) is 0 Å². The molecule has 110 valence electrons. The quantitative estimate of drug-likeness (QED) is 0.690. The van der Waals surface area contributed by atoms with Crippen LogP contribution < -0.4 is 5.32 Å². The maximum absolute atomic E-state index is 6.21. The summed E-state index contributed by atoms with van der Waals surface area (Å²) in [5.41, 5.74) is 3.60. The van der Waals surface area contributed by atoms with Crippen molar-refractivity contribution < 1.29 is 0 Å². The zero-order valence-corrected chi connectivity index (χ0v) is 13.9. The van der Waals surface area contributed by atoms with Crippen LogP contribution in [0.25, 0.3) is 0 Å². The van der Waals surface area contributed by atoms with Gasteiger partial charge < -0.3 is 5.32 Å². The van der Waals surface area contributed by atoms with Gasteiger partial charge in [-0.25, -0.2) is 0 Å². The Balaban J connectivity index is 1.67. The molecule has 0 aliphatic heterocycles. The molecule has 1 aliphatic carbocycles. The maximum atomic E-state index is 6.21. The zero-order valence-electron chi connectivity index (χ0n) is 11.7. The van der Waals surface area contributed by atoms with Crippen LogP contribution in [0.15, 0.2) is 36.4 Å². The fraction of sp³-hybridized carbons (Fsp3) is 0.294. The molecule has 0 unspecified atom stereocenters. The number of nitrogens with one attached hydrogen (secondary N) is 1. The fourth-order valence-electron chi connectivity index (χ4n) is 2.92. The first kappa shape index (κ1) is 15.0. The molecule has 1 saturated carbocycles. The summed E-state index contributed by atoms with van der Waals surface area (Å²) in [4.78, 5) is 0. The Kier molecular flexibility index (Phi) is 4.35. The number of hydrogen-bond acceptors (Lipinski definition) is 1. The highest BCUT2D eigenvalue weighted by atomic mass is 35.5. The van der Waals surface area contributed by atoms with E-state index >= 15 is 0 Å². The van der Waals surface area contributed by atoms with Crippen molar-refractivity contribution in [2.45, 2.75) is 31.7 Å². The molecule has 0 amide bonds. The predicted molar refractivity (Wildman–Crippen MR) is 92.0 cm³/mol. The summed E-state index contributed by atoms with van der Waals surface area (Å²) in [6, 6.07) is 12.4. The summed E-state index contributed by atoms with van der Waals surface area (Å²) in [6.45, 7) is 2.17. The second-order valence-electron chi connectivity index (χ2n) is 5.61. The van der Waals surface area contributed by atoms with E-state index < -0.39 is 0 Å². The monoisotopic (exact) mass is 339 g/mol. The van der Waals surface area contributed by atoms with Crippen molar-refractivity contribution >= 4 is 40.5 Å². The predicted octanol–water partition coefficient (Wildman–Crippen LogP) is 6.31. The molecular weight excluding hydrogens is 325 g/mol. The first-order chi connectivity index (χ1) is 10.0. The van der Waals surface area contributed by atoms with Gasteiger partial charge in [0.1, 0.15) is 0 Å². The lowest BCUT2D eigenvalue weighted by molar-refractivity contribution is 0.373. The first-order valence-electron chi connectivity index (χ1n) is 7.01. The highest BCUT2D eigenvalue weighted by Gasteiger charge is 2.31. The van der Waals surface area contributed by atoms with Crippen LogP contribution in [-0.4, -0.2) is 6.04 Å². The normalized spacial score (nSPS) is 21.0. The van der Waals surface area contributed by atoms with Crippen molar-refractivity contribution in [2.24, 2.45) is 0 Å². The van der Waals surface area contributed by atoms with E-state index in [0.717, 1.165) is 18.5 Å². The summed E-state index contributed by atoms with van der Waals surface area (Å²) in [6.07, 6.45) is 2.19. The minimum Gasteiger partial charge on any atom is -0.380 e. The molecule has 0 saturated heterocycles. The minimum atomic E-state index is 0.408. The number of anilines is 1. The molecule has 2 aromatic carbocycles. The van der Waals surface area contributed by atoms with Crippen LogP contribution in [0.3, 0.4) is 0 Å². The molecule has 4 heteroatoms. The molecule has 0 aromatic heterocycles. The molecule has 3 rings (SSSR count). The number of hydrogen-bond donors (Lipinski definition) is 1. The summed E-state index contributed by atoms with van der Waals surface area (Å²) in [5, 5.41) is 5.15. The molecule has 0 bridgehead atoms. The third-order valence-corrected chi connectivity index (χ3v) is 4.94. The SMILES string of the molecule is Cc1ccccc1C1CC(Nc2c(Cl)cc(Cl)cc2Cl)C1. The largest absolute Gasteiger partial charge is 0.380 e. The van der Waals surface area contributed by atoms with Crippen molar-refractivity contribution in [3.05, 3.63) is 62.6 Å². The number of aryl methyl sites for hydroxylation is 1. The van der Waals surface area contributed by atoms with Gasteiger partial charge in [-0.2, -0.15) is 0 Å². The fourth-order valence-corrected chi connectivity index (χ4v) is 3.84. The molecule has 21 heavy (non-hydrogen) atoms.